The maximum Gasteiger partial charge on any atom is 0.321 e. The number of piperazine rings is 1. The number of rotatable bonds is 2. The number of carbonyl (C=O) groups is 1. The first-order valence-corrected chi connectivity index (χ1v) is 9.09. The van der Waals surface area contributed by atoms with E-state index in [2.05, 4.69) is 25.5 Å². The fourth-order valence-electron chi connectivity index (χ4n) is 3.27. The molecule has 140 valence electrons. The molecule has 1 saturated heterocycles. The quantitative estimate of drug-likeness (QED) is 0.754. The maximum atomic E-state index is 12.6. The highest BCUT2D eigenvalue weighted by Gasteiger charge is 2.23. The highest BCUT2D eigenvalue weighted by molar-refractivity contribution is 5.90. The second-order valence-corrected chi connectivity index (χ2v) is 6.86. The molecular formula is C19H23N7O. The van der Waals surface area contributed by atoms with Crippen LogP contribution in [0.2, 0.25) is 0 Å². The molecule has 0 bridgehead atoms. The Bertz CT molecular complexity index is 989. The van der Waals surface area contributed by atoms with Crippen LogP contribution in [0.5, 0.6) is 0 Å². The first-order valence-electron chi connectivity index (χ1n) is 9.09. The van der Waals surface area contributed by atoms with E-state index in [1.54, 1.807) is 4.52 Å². The minimum Gasteiger partial charge on any atom is -0.352 e. The van der Waals surface area contributed by atoms with E-state index in [-0.39, 0.29) is 6.03 Å². The van der Waals surface area contributed by atoms with E-state index in [1.807, 2.05) is 56.0 Å². The third-order valence-electron chi connectivity index (χ3n) is 5.14. The molecule has 0 atom stereocenters. The topological polar surface area (TPSA) is 78.7 Å². The number of benzene rings is 1. The van der Waals surface area contributed by atoms with Crippen molar-refractivity contribution in [2.24, 2.45) is 0 Å². The molecule has 1 N–H and O–H groups in total. The predicted molar refractivity (Wildman–Crippen MR) is 104 cm³/mol. The number of aryl methyl sites for hydroxylation is 2. The number of nitrogens with one attached hydrogen (secondary N) is 1. The summed E-state index contributed by atoms with van der Waals surface area (Å²) < 4.78 is 1.74. The number of hydrogen-bond donors (Lipinski definition) is 1. The SMILES string of the molecule is Cc1cccc(NC(=O)N2CCN(c3ccc4nnc(C)n4n3)CC2)c1C. The summed E-state index contributed by atoms with van der Waals surface area (Å²) in [6.07, 6.45) is 0. The van der Waals surface area contributed by atoms with Crippen LogP contribution in [-0.2, 0) is 0 Å². The summed E-state index contributed by atoms with van der Waals surface area (Å²) in [5.41, 5.74) is 3.88. The van der Waals surface area contributed by atoms with E-state index in [0.29, 0.717) is 13.1 Å². The zero-order valence-electron chi connectivity index (χ0n) is 15.8. The molecule has 0 spiro atoms. The Labute approximate surface area is 157 Å². The summed E-state index contributed by atoms with van der Waals surface area (Å²) in [6.45, 7) is 8.73. The Balaban J connectivity index is 1.41. The second-order valence-electron chi connectivity index (χ2n) is 6.86. The van der Waals surface area contributed by atoms with Crippen LogP contribution < -0.4 is 10.2 Å². The van der Waals surface area contributed by atoms with Crippen molar-refractivity contribution in [3.8, 4) is 0 Å². The first kappa shape index (κ1) is 17.3. The van der Waals surface area contributed by atoms with Crippen LogP contribution in [0.15, 0.2) is 30.3 Å². The number of anilines is 2. The summed E-state index contributed by atoms with van der Waals surface area (Å²) in [6, 6.07) is 9.77. The molecule has 0 saturated carbocycles. The van der Waals surface area contributed by atoms with Crippen molar-refractivity contribution in [1.29, 1.82) is 0 Å². The molecule has 1 aliphatic rings. The Kier molecular flexibility index (Phi) is 4.39. The standard InChI is InChI=1S/C19H23N7O/c1-13-5-4-6-16(14(13)2)20-19(27)25-11-9-24(10-12-25)18-8-7-17-22-21-15(3)26(17)23-18/h4-8H,9-12H2,1-3H3,(H,20,27). The van der Waals surface area contributed by atoms with Crippen LogP contribution in [0.4, 0.5) is 16.3 Å². The molecule has 0 unspecified atom stereocenters. The molecule has 8 heteroatoms. The van der Waals surface area contributed by atoms with Crippen LogP contribution in [-0.4, -0.2) is 56.9 Å². The van der Waals surface area contributed by atoms with Crippen molar-refractivity contribution in [2.45, 2.75) is 20.8 Å². The Morgan fingerprint density at radius 1 is 1.00 bits per heavy atom. The number of carbonyl (C=O) groups excluding carboxylic acids is 1. The van der Waals surface area contributed by atoms with Gasteiger partial charge in [0.2, 0.25) is 0 Å². The lowest BCUT2D eigenvalue weighted by Gasteiger charge is -2.35. The number of fused-ring (bicyclic) bond motifs is 1. The largest absolute Gasteiger partial charge is 0.352 e. The first-order chi connectivity index (χ1) is 13.0. The molecular weight excluding hydrogens is 342 g/mol. The van der Waals surface area contributed by atoms with Gasteiger partial charge in [0.15, 0.2) is 11.5 Å². The van der Waals surface area contributed by atoms with Gasteiger partial charge in [-0.05, 0) is 50.1 Å². The minimum absolute atomic E-state index is 0.0542. The highest BCUT2D eigenvalue weighted by Crippen LogP contribution is 2.19. The van der Waals surface area contributed by atoms with Gasteiger partial charge in [-0.2, -0.15) is 4.52 Å². The summed E-state index contributed by atoms with van der Waals surface area (Å²) in [5, 5.41) is 15.8. The van der Waals surface area contributed by atoms with Crippen molar-refractivity contribution < 1.29 is 4.79 Å². The normalized spacial score (nSPS) is 14.6. The molecule has 1 fully saturated rings. The zero-order chi connectivity index (χ0) is 19.0. The van der Waals surface area contributed by atoms with Crippen LogP contribution in [0.1, 0.15) is 17.0 Å². The van der Waals surface area contributed by atoms with E-state index >= 15 is 0 Å². The second kappa shape index (κ2) is 6.86. The van der Waals surface area contributed by atoms with E-state index in [0.717, 1.165) is 41.6 Å². The number of amides is 2. The van der Waals surface area contributed by atoms with Crippen molar-refractivity contribution in [2.75, 3.05) is 36.4 Å². The number of urea groups is 1. The van der Waals surface area contributed by atoms with Gasteiger partial charge in [-0.15, -0.1) is 15.3 Å². The molecule has 0 radical (unpaired) electrons. The van der Waals surface area contributed by atoms with Crippen molar-refractivity contribution in [3.63, 3.8) is 0 Å². The molecule has 0 aliphatic carbocycles. The van der Waals surface area contributed by atoms with Crippen molar-refractivity contribution in [3.05, 3.63) is 47.3 Å². The molecule has 2 amide bonds. The lowest BCUT2D eigenvalue weighted by molar-refractivity contribution is 0.208. The molecule has 1 aromatic carbocycles. The summed E-state index contributed by atoms with van der Waals surface area (Å²) >= 11 is 0. The van der Waals surface area contributed by atoms with Gasteiger partial charge in [0, 0.05) is 31.9 Å². The average Bonchev–Trinajstić information content (AvgIpc) is 3.06. The van der Waals surface area contributed by atoms with E-state index in [1.165, 1.54) is 5.56 Å². The van der Waals surface area contributed by atoms with Gasteiger partial charge in [0.05, 0.1) is 0 Å². The zero-order valence-corrected chi connectivity index (χ0v) is 15.8. The van der Waals surface area contributed by atoms with Crippen LogP contribution in [0, 0.1) is 20.8 Å². The summed E-state index contributed by atoms with van der Waals surface area (Å²) in [4.78, 5) is 16.6. The molecule has 1 aliphatic heterocycles. The molecule has 2 aromatic heterocycles. The van der Waals surface area contributed by atoms with E-state index in [9.17, 15) is 4.79 Å². The smallest absolute Gasteiger partial charge is 0.321 e. The van der Waals surface area contributed by atoms with Crippen molar-refractivity contribution >= 4 is 23.2 Å². The van der Waals surface area contributed by atoms with Gasteiger partial charge >= 0.3 is 6.03 Å². The Morgan fingerprint density at radius 3 is 2.56 bits per heavy atom. The summed E-state index contributed by atoms with van der Waals surface area (Å²) in [5.74, 6) is 1.64. The third kappa shape index (κ3) is 3.30. The number of hydrogen-bond acceptors (Lipinski definition) is 5. The van der Waals surface area contributed by atoms with Gasteiger partial charge in [-0.3, -0.25) is 0 Å². The fraction of sp³-hybridized carbons (Fsp3) is 0.368. The summed E-state index contributed by atoms with van der Waals surface area (Å²) in [7, 11) is 0. The number of aromatic nitrogens is 4. The third-order valence-corrected chi connectivity index (χ3v) is 5.14. The van der Waals surface area contributed by atoms with Gasteiger partial charge in [-0.1, -0.05) is 12.1 Å². The van der Waals surface area contributed by atoms with Gasteiger partial charge in [-0.25, -0.2) is 4.79 Å². The average molecular weight is 365 g/mol. The Hall–Kier alpha value is -3.16. The molecule has 4 rings (SSSR count). The number of nitrogens with zero attached hydrogens (tertiary/aromatic N) is 6. The van der Waals surface area contributed by atoms with Gasteiger partial charge in [0.25, 0.3) is 0 Å². The molecule has 27 heavy (non-hydrogen) atoms. The minimum atomic E-state index is -0.0542. The predicted octanol–water partition coefficient (Wildman–Crippen LogP) is 2.40. The van der Waals surface area contributed by atoms with Crippen LogP contribution in [0.25, 0.3) is 5.65 Å². The Morgan fingerprint density at radius 2 is 1.78 bits per heavy atom. The van der Waals surface area contributed by atoms with E-state index < -0.39 is 0 Å². The molecule has 8 nitrogen and oxygen atoms in total. The highest BCUT2D eigenvalue weighted by atomic mass is 16.2. The van der Waals surface area contributed by atoms with Crippen molar-refractivity contribution in [1.82, 2.24) is 24.7 Å². The van der Waals surface area contributed by atoms with Crippen LogP contribution in [0.3, 0.4) is 0 Å². The maximum absolute atomic E-state index is 12.6. The van der Waals surface area contributed by atoms with E-state index in [4.69, 9.17) is 0 Å². The molecule has 3 aromatic rings. The molecule has 3 heterocycles. The van der Waals surface area contributed by atoms with Gasteiger partial charge in [0.1, 0.15) is 5.82 Å². The fourth-order valence-corrected chi connectivity index (χ4v) is 3.27. The monoisotopic (exact) mass is 365 g/mol. The lowest BCUT2D eigenvalue weighted by atomic mass is 10.1. The lowest BCUT2D eigenvalue weighted by Crippen LogP contribution is -2.50. The van der Waals surface area contributed by atoms with Gasteiger partial charge < -0.3 is 15.1 Å². The van der Waals surface area contributed by atoms with Crippen LogP contribution >= 0.6 is 0 Å².